The van der Waals surface area contributed by atoms with E-state index in [1.807, 2.05) is 18.2 Å². The van der Waals surface area contributed by atoms with Crippen molar-refractivity contribution in [1.29, 1.82) is 0 Å². The van der Waals surface area contributed by atoms with Gasteiger partial charge in [-0.05, 0) is 35.4 Å². The molecule has 17 heavy (non-hydrogen) atoms. The van der Waals surface area contributed by atoms with Crippen LogP contribution in [-0.2, 0) is 13.2 Å². The summed E-state index contributed by atoms with van der Waals surface area (Å²) in [7, 11) is 0. The van der Waals surface area contributed by atoms with E-state index in [-0.39, 0.29) is 6.61 Å². The third-order valence-electron chi connectivity index (χ3n) is 2.45. The number of aliphatic hydroxyl groups is 1. The van der Waals surface area contributed by atoms with Crippen LogP contribution in [0.4, 0.5) is 5.69 Å². The summed E-state index contributed by atoms with van der Waals surface area (Å²) in [6.45, 7) is 0.693. The van der Waals surface area contributed by atoms with E-state index in [1.165, 1.54) is 0 Å². The van der Waals surface area contributed by atoms with Crippen LogP contribution in [0.3, 0.4) is 0 Å². The molecule has 1 aromatic heterocycles. The Morgan fingerprint density at radius 3 is 2.59 bits per heavy atom. The zero-order chi connectivity index (χ0) is 12.1. The molecule has 0 fully saturated rings. The molecular weight excluding hydrogens is 236 g/mol. The van der Waals surface area contributed by atoms with Crippen molar-refractivity contribution in [3.8, 4) is 0 Å². The van der Waals surface area contributed by atoms with Crippen molar-refractivity contribution in [3.63, 3.8) is 0 Å². The molecule has 0 aliphatic heterocycles. The van der Waals surface area contributed by atoms with Crippen molar-refractivity contribution in [3.05, 3.63) is 58.9 Å². The fraction of sp³-hybridized carbons (Fsp3) is 0.154. The van der Waals surface area contributed by atoms with E-state index in [2.05, 4.69) is 10.3 Å². The van der Waals surface area contributed by atoms with E-state index < -0.39 is 0 Å². The lowest BCUT2D eigenvalue weighted by molar-refractivity contribution is 0.282. The van der Waals surface area contributed by atoms with Gasteiger partial charge in [-0.15, -0.1) is 0 Å². The largest absolute Gasteiger partial charge is 0.392 e. The van der Waals surface area contributed by atoms with Crippen molar-refractivity contribution >= 4 is 17.3 Å². The molecule has 3 nitrogen and oxygen atoms in total. The molecule has 2 rings (SSSR count). The molecule has 4 heteroatoms. The minimum Gasteiger partial charge on any atom is -0.392 e. The summed E-state index contributed by atoms with van der Waals surface area (Å²) >= 11 is 6.06. The van der Waals surface area contributed by atoms with Crippen LogP contribution in [0.5, 0.6) is 0 Å². The smallest absolute Gasteiger partial charge is 0.0682 e. The Bertz CT molecular complexity index is 488. The van der Waals surface area contributed by atoms with Gasteiger partial charge in [-0.25, -0.2) is 0 Å². The molecule has 0 unspecified atom stereocenters. The maximum atomic E-state index is 9.06. The van der Waals surface area contributed by atoms with Gasteiger partial charge in [0.05, 0.1) is 17.3 Å². The molecular formula is C13H13ClN2O. The number of nitrogens with zero attached hydrogens (tertiary/aromatic N) is 1. The third kappa shape index (κ3) is 3.19. The third-order valence-corrected chi connectivity index (χ3v) is 2.78. The summed E-state index contributed by atoms with van der Waals surface area (Å²) in [6.07, 6.45) is 3.51. The van der Waals surface area contributed by atoms with Crippen molar-refractivity contribution in [2.24, 2.45) is 0 Å². The first kappa shape index (κ1) is 11.9. The van der Waals surface area contributed by atoms with E-state index >= 15 is 0 Å². The number of halogens is 1. The van der Waals surface area contributed by atoms with Gasteiger partial charge in [0.2, 0.25) is 0 Å². The standard InChI is InChI=1S/C13H13ClN2O/c14-12-2-1-11(9-17)7-13(12)16-8-10-3-5-15-6-4-10/h1-7,16-17H,8-9H2. The second-order valence-electron chi connectivity index (χ2n) is 3.68. The van der Waals surface area contributed by atoms with Crippen LogP contribution in [0.1, 0.15) is 11.1 Å². The Kier molecular flexibility index (Phi) is 3.96. The van der Waals surface area contributed by atoms with Gasteiger partial charge in [-0.3, -0.25) is 4.98 Å². The van der Waals surface area contributed by atoms with Crippen LogP contribution >= 0.6 is 11.6 Å². The molecule has 0 aliphatic rings. The first-order valence-corrected chi connectivity index (χ1v) is 5.69. The van der Waals surface area contributed by atoms with E-state index in [0.717, 1.165) is 16.8 Å². The Balaban J connectivity index is 2.08. The highest BCUT2D eigenvalue weighted by molar-refractivity contribution is 6.33. The summed E-state index contributed by atoms with van der Waals surface area (Å²) in [5.41, 5.74) is 2.80. The van der Waals surface area contributed by atoms with E-state index in [0.29, 0.717) is 11.6 Å². The van der Waals surface area contributed by atoms with Gasteiger partial charge in [-0.2, -0.15) is 0 Å². The first-order valence-electron chi connectivity index (χ1n) is 5.31. The highest BCUT2D eigenvalue weighted by Gasteiger charge is 2.01. The summed E-state index contributed by atoms with van der Waals surface area (Å²) in [4.78, 5) is 3.96. The number of hydrogen-bond donors (Lipinski definition) is 2. The fourth-order valence-corrected chi connectivity index (χ4v) is 1.69. The second kappa shape index (κ2) is 5.66. The van der Waals surface area contributed by atoms with Crippen LogP contribution in [0.25, 0.3) is 0 Å². The maximum absolute atomic E-state index is 9.06. The Morgan fingerprint density at radius 2 is 1.88 bits per heavy atom. The number of nitrogens with one attached hydrogen (secondary N) is 1. The van der Waals surface area contributed by atoms with Crippen LogP contribution in [0, 0.1) is 0 Å². The summed E-state index contributed by atoms with van der Waals surface area (Å²) in [5.74, 6) is 0. The molecule has 0 saturated carbocycles. The Hall–Kier alpha value is -1.58. The van der Waals surface area contributed by atoms with Crippen LogP contribution in [0.15, 0.2) is 42.7 Å². The average molecular weight is 249 g/mol. The van der Waals surface area contributed by atoms with Crippen molar-refractivity contribution in [2.75, 3.05) is 5.32 Å². The van der Waals surface area contributed by atoms with Gasteiger partial charge in [0.15, 0.2) is 0 Å². The van der Waals surface area contributed by atoms with Crippen molar-refractivity contribution in [2.45, 2.75) is 13.2 Å². The van der Waals surface area contributed by atoms with Crippen molar-refractivity contribution < 1.29 is 5.11 Å². The van der Waals surface area contributed by atoms with Gasteiger partial charge in [0, 0.05) is 18.9 Å². The molecule has 0 aliphatic carbocycles. The molecule has 0 amide bonds. The van der Waals surface area contributed by atoms with E-state index in [9.17, 15) is 0 Å². The Morgan fingerprint density at radius 1 is 1.12 bits per heavy atom. The van der Waals surface area contributed by atoms with E-state index in [1.54, 1.807) is 24.5 Å². The molecule has 0 radical (unpaired) electrons. The molecule has 88 valence electrons. The summed E-state index contributed by atoms with van der Waals surface area (Å²) in [5, 5.41) is 12.9. The average Bonchev–Trinajstić information content (AvgIpc) is 2.39. The number of aromatic nitrogens is 1. The van der Waals surface area contributed by atoms with Gasteiger partial charge >= 0.3 is 0 Å². The van der Waals surface area contributed by atoms with Gasteiger partial charge in [0.25, 0.3) is 0 Å². The van der Waals surface area contributed by atoms with Gasteiger partial charge in [-0.1, -0.05) is 17.7 Å². The number of rotatable bonds is 4. The molecule has 0 bridgehead atoms. The van der Waals surface area contributed by atoms with Gasteiger partial charge < -0.3 is 10.4 Å². The van der Waals surface area contributed by atoms with Crippen molar-refractivity contribution in [1.82, 2.24) is 4.98 Å². The molecule has 1 aromatic carbocycles. The predicted octanol–water partition coefficient (Wildman–Crippen LogP) is 2.84. The minimum absolute atomic E-state index is 0.0150. The number of benzene rings is 1. The Labute approximate surface area is 105 Å². The highest BCUT2D eigenvalue weighted by atomic mass is 35.5. The quantitative estimate of drug-likeness (QED) is 0.875. The second-order valence-corrected chi connectivity index (χ2v) is 4.09. The first-order chi connectivity index (χ1) is 8.29. The fourth-order valence-electron chi connectivity index (χ4n) is 1.50. The number of pyridine rings is 1. The lowest BCUT2D eigenvalue weighted by Crippen LogP contribution is -2.00. The zero-order valence-electron chi connectivity index (χ0n) is 9.23. The molecule has 0 atom stereocenters. The lowest BCUT2D eigenvalue weighted by Gasteiger charge is -2.09. The molecule has 0 saturated heterocycles. The lowest BCUT2D eigenvalue weighted by atomic mass is 10.2. The molecule has 2 N–H and O–H groups in total. The normalized spacial score (nSPS) is 10.2. The van der Waals surface area contributed by atoms with Crippen LogP contribution < -0.4 is 5.32 Å². The molecule has 0 spiro atoms. The summed E-state index contributed by atoms with van der Waals surface area (Å²) < 4.78 is 0. The highest BCUT2D eigenvalue weighted by Crippen LogP contribution is 2.23. The monoisotopic (exact) mass is 248 g/mol. The topological polar surface area (TPSA) is 45.1 Å². The van der Waals surface area contributed by atoms with Gasteiger partial charge in [0.1, 0.15) is 0 Å². The summed E-state index contributed by atoms with van der Waals surface area (Å²) in [6, 6.07) is 9.32. The zero-order valence-corrected chi connectivity index (χ0v) is 9.98. The van der Waals surface area contributed by atoms with E-state index in [4.69, 9.17) is 16.7 Å². The van der Waals surface area contributed by atoms with Crippen LogP contribution in [-0.4, -0.2) is 10.1 Å². The SMILES string of the molecule is OCc1ccc(Cl)c(NCc2ccncc2)c1. The molecule has 1 heterocycles. The number of anilines is 1. The number of aliphatic hydroxyl groups excluding tert-OH is 1. The maximum Gasteiger partial charge on any atom is 0.0682 e. The minimum atomic E-state index is 0.0150. The predicted molar refractivity (Wildman–Crippen MR) is 68.9 cm³/mol. The van der Waals surface area contributed by atoms with Crippen LogP contribution in [0.2, 0.25) is 5.02 Å². The molecule has 2 aromatic rings. The number of hydrogen-bond acceptors (Lipinski definition) is 3.